The molecule has 4 heterocycles. The summed E-state index contributed by atoms with van der Waals surface area (Å²) >= 11 is 0. The highest BCUT2D eigenvalue weighted by Crippen LogP contribution is 2.38. The van der Waals surface area contributed by atoms with Crippen molar-refractivity contribution in [2.45, 2.75) is 43.4 Å². The number of rotatable bonds is 6. The number of furan rings is 1. The monoisotopic (exact) mass is 524 g/mol. The first-order chi connectivity index (χ1) is 17.9. The zero-order chi connectivity index (χ0) is 25.6. The van der Waals surface area contributed by atoms with Crippen LogP contribution in [0, 0.1) is 0 Å². The van der Waals surface area contributed by atoms with Crippen LogP contribution in [0.3, 0.4) is 0 Å². The molecule has 10 nitrogen and oxygen atoms in total. The summed E-state index contributed by atoms with van der Waals surface area (Å²) in [6, 6.07) is 8.62. The fraction of sp³-hybridized carbons (Fsp3) is 0.385. The molecule has 0 radical (unpaired) electrons. The average molecular weight is 525 g/mol. The Kier molecular flexibility index (Phi) is 6.13. The number of sulfonamides is 1. The van der Waals surface area contributed by atoms with Gasteiger partial charge in [-0.05, 0) is 42.0 Å². The van der Waals surface area contributed by atoms with Gasteiger partial charge in [0.25, 0.3) is 10.0 Å². The quantitative estimate of drug-likeness (QED) is 0.504. The van der Waals surface area contributed by atoms with Crippen LogP contribution >= 0.6 is 0 Å². The van der Waals surface area contributed by atoms with Gasteiger partial charge in [-0.1, -0.05) is 12.1 Å². The van der Waals surface area contributed by atoms with E-state index in [2.05, 4.69) is 26.0 Å². The summed E-state index contributed by atoms with van der Waals surface area (Å²) in [7, 11) is -2.67. The number of carbonyl (C=O) groups is 1. The van der Waals surface area contributed by atoms with Gasteiger partial charge >= 0.3 is 6.03 Å². The van der Waals surface area contributed by atoms with E-state index < -0.39 is 16.1 Å². The topological polar surface area (TPSA) is 123 Å². The van der Waals surface area contributed by atoms with Crippen molar-refractivity contribution in [3.05, 3.63) is 59.0 Å². The molecule has 3 aromatic rings. The lowest BCUT2D eigenvalue weighted by Crippen LogP contribution is -2.50. The van der Waals surface area contributed by atoms with E-state index in [0.717, 1.165) is 53.6 Å². The molecule has 1 aromatic carbocycles. The minimum absolute atomic E-state index is 0.253. The first kappa shape index (κ1) is 24.0. The van der Waals surface area contributed by atoms with Gasteiger partial charge in [-0.2, -0.15) is 8.42 Å². The normalized spacial score (nSPS) is 17.5. The molecule has 3 aliphatic rings. The van der Waals surface area contributed by atoms with Crippen LogP contribution in [0.4, 0.5) is 10.5 Å². The standard InChI is InChI=1S/C26H28N4O6S/c1-34-23-11-17(7-9-27-23)21-6-5-16-3-2-4-20(16)25(21)28-26(31)29-37(32,33)24-12-18-13-30(19-14-35-15-19)10-8-22(18)36-24/h5-7,9,11-12,19H,2-4,8,10,13-15H2,1H3,(H2,28,29,31). The Bertz CT molecular complexity index is 1460. The van der Waals surface area contributed by atoms with Gasteiger partial charge in [0.1, 0.15) is 5.76 Å². The maximum Gasteiger partial charge on any atom is 0.333 e. The number of nitrogens with zero attached hydrogens (tertiary/aromatic N) is 2. The van der Waals surface area contributed by atoms with Crippen LogP contribution < -0.4 is 14.8 Å². The van der Waals surface area contributed by atoms with Crippen LogP contribution in [0.25, 0.3) is 11.1 Å². The van der Waals surface area contributed by atoms with E-state index in [1.807, 2.05) is 12.1 Å². The summed E-state index contributed by atoms with van der Waals surface area (Å²) in [6.07, 6.45) is 4.91. The molecule has 2 N–H and O–H groups in total. The minimum atomic E-state index is -4.21. The largest absolute Gasteiger partial charge is 0.481 e. The van der Waals surface area contributed by atoms with E-state index in [-0.39, 0.29) is 5.09 Å². The van der Waals surface area contributed by atoms with Crippen LogP contribution in [-0.2, 0) is 40.6 Å². The zero-order valence-electron chi connectivity index (χ0n) is 20.5. The highest BCUT2D eigenvalue weighted by molar-refractivity contribution is 7.89. The lowest BCUT2D eigenvalue weighted by molar-refractivity contribution is -0.0701. The molecule has 2 amide bonds. The third-order valence-electron chi connectivity index (χ3n) is 7.28. The van der Waals surface area contributed by atoms with Crippen molar-refractivity contribution in [3.63, 3.8) is 0 Å². The number of nitrogens with one attached hydrogen (secondary N) is 2. The van der Waals surface area contributed by atoms with Crippen LogP contribution in [0.15, 0.2) is 46.0 Å². The Hall–Kier alpha value is -3.41. The predicted molar refractivity (Wildman–Crippen MR) is 135 cm³/mol. The number of amides is 2. The molecular formula is C26H28N4O6S. The van der Waals surface area contributed by atoms with Gasteiger partial charge in [0.15, 0.2) is 0 Å². The molecule has 0 spiro atoms. The Morgan fingerprint density at radius 1 is 1.14 bits per heavy atom. The SMILES string of the molecule is COc1cc(-c2ccc3c(c2NC(=O)NS(=O)(=O)c2cc4c(o2)CCN(C2COC2)C4)CCC3)ccn1. The number of anilines is 1. The molecule has 6 rings (SSSR count). The van der Waals surface area contributed by atoms with Crippen molar-refractivity contribution in [2.75, 3.05) is 32.2 Å². The van der Waals surface area contributed by atoms with Crippen LogP contribution in [-0.4, -0.2) is 57.2 Å². The first-order valence-electron chi connectivity index (χ1n) is 12.3. The number of carbonyl (C=O) groups excluding carboxylic acids is 1. The Morgan fingerprint density at radius 2 is 2.00 bits per heavy atom. The number of pyridine rings is 1. The molecule has 1 saturated heterocycles. The Balaban J connectivity index is 1.24. The molecule has 0 bridgehead atoms. The highest BCUT2D eigenvalue weighted by Gasteiger charge is 2.33. The highest BCUT2D eigenvalue weighted by atomic mass is 32.2. The Morgan fingerprint density at radius 3 is 2.78 bits per heavy atom. The molecule has 2 aromatic heterocycles. The molecule has 1 fully saturated rings. The molecule has 37 heavy (non-hydrogen) atoms. The van der Waals surface area contributed by atoms with Gasteiger partial charge in [0.2, 0.25) is 11.0 Å². The summed E-state index contributed by atoms with van der Waals surface area (Å²) in [5, 5.41) is 2.56. The molecule has 0 unspecified atom stereocenters. The molecule has 11 heteroatoms. The summed E-state index contributed by atoms with van der Waals surface area (Å²) in [6.45, 7) is 2.77. The van der Waals surface area contributed by atoms with Crippen molar-refractivity contribution < 1.29 is 27.1 Å². The zero-order valence-corrected chi connectivity index (χ0v) is 21.3. The number of benzene rings is 1. The number of hydrogen-bond acceptors (Lipinski definition) is 8. The van der Waals surface area contributed by atoms with Crippen molar-refractivity contribution in [1.82, 2.24) is 14.6 Å². The number of aryl methyl sites for hydroxylation is 1. The van der Waals surface area contributed by atoms with Crippen LogP contribution in [0.5, 0.6) is 5.88 Å². The number of hydrogen-bond donors (Lipinski definition) is 2. The fourth-order valence-corrected chi connectivity index (χ4v) is 6.16. The van der Waals surface area contributed by atoms with E-state index in [1.165, 1.54) is 13.2 Å². The first-order valence-corrected chi connectivity index (χ1v) is 13.8. The summed E-state index contributed by atoms with van der Waals surface area (Å²) in [5.74, 6) is 1.09. The maximum atomic E-state index is 13.1. The van der Waals surface area contributed by atoms with E-state index in [0.29, 0.717) is 49.5 Å². The van der Waals surface area contributed by atoms with Gasteiger partial charge in [-0.3, -0.25) is 4.90 Å². The summed E-state index contributed by atoms with van der Waals surface area (Å²) in [5.41, 5.74) is 5.14. The van der Waals surface area contributed by atoms with Gasteiger partial charge in [-0.15, -0.1) is 0 Å². The second-order valence-electron chi connectivity index (χ2n) is 9.55. The van der Waals surface area contributed by atoms with Crippen molar-refractivity contribution in [1.29, 1.82) is 0 Å². The minimum Gasteiger partial charge on any atom is -0.481 e. The molecule has 0 atom stereocenters. The lowest BCUT2D eigenvalue weighted by Gasteiger charge is -2.38. The average Bonchev–Trinajstić information content (AvgIpc) is 3.50. The van der Waals surface area contributed by atoms with Gasteiger partial charge in [-0.25, -0.2) is 14.5 Å². The van der Waals surface area contributed by atoms with E-state index in [9.17, 15) is 13.2 Å². The number of aromatic nitrogens is 1. The molecule has 194 valence electrons. The van der Waals surface area contributed by atoms with E-state index in [4.69, 9.17) is 13.9 Å². The molecule has 0 saturated carbocycles. The third kappa shape index (κ3) is 4.58. The van der Waals surface area contributed by atoms with Crippen molar-refractivity contribution in [2.24, 2.45) is 0 Å². The maximum absolute atomic E-state index is 13.1. The number of urea groups is 1. The third-order valence-corrected chi connectivity index (χ3v) is 8.46. The number of fused-ring (bicyclic) bond motifs is 2. The van der Waals surface area contributed by atoms with E-state index in [1.54, 1.807) is 12.3 Å². The van der Waals surface area contributed by atoms with Crippen molar-refractivity contribution in [3.8, 4) is 17.0 Å². The molecule has 2 aliphatic heterocycles. The fourth-order valence-electron chi connectivity index (χ4n) is 5.26. The van der Waals surface area contributed by atoms with Crippen LogP contribution in [0.2, 0.25) is 0 Å². The summed E-state index contributed by atoms with van der Waals surface area (Å²) < 4.78 is 44.5. The smallest absolute Gasteiger partial charge is 0.333 e. The van der Waals surface area contributed by atoms with Crippen LogP contribution in [0.1, 0.15) is 28.9 Å². The lowest BCUT2D eigenvalue weighted by atomic mass is 9.98. The molecule has 1 aliphatic carbocycles. The van der Waals surface area contributed by atoms with Crippen molar-refractivity contribution >= 4 is 21.7 Å². The van der Waals surface area contributed by atoms with Gasteiger partial charge in [0.05, 0.1) is 32.1 Å². The Labute approximate surface area is 215 Å². The summed E-state index contributed by atoms with van der Waals surface area (Å²) in [4.78, 5) is 19.5. The molecular weight excluding hydrogens is 496 g/mol. The predicted octanol–water partition coefficient (Wildman–Crippen LogP) is 3.11. The van der Waals surface area contributed by atoms with Gasteiger partial charge < -0.3 is 19.2 Å². The second-order valence-corrected chi connectivity index (χ2v) is 11.2. The number of methoxy groups -OCH3 is 1. The van der Waals surface area contributed by atoms with E-state index >= 15 is 0 Å². The van der Waals surface area contributed by atoms with Gasteiger partial charge in [0, 0.05) is 49.0 Å². The second kappa shape index (κ2) is 9.47. The number of ether oxygens (including phenoxy) is 2.